The SMILES string of the molecule is CCNc1cc(-n2nc(C)nc2C)nc(CC)n1. The Morgan fingerprint density at radius 3 is 2.50 bits per heavy atom. The van der Waals surface area contributed by atoms with Gasteiger partial charge in [0.25, 0.3) is 0 Å². The van der Waals surface area contributed by atoms with Gasteiger partial charge < -0.3 is 5.32 Å². The molecule has 1 N–H and O–H groups in total. The highest BCUT2D eigenvalue weighted by atomic mass is 15.4. The summed E-state index contributed by atoms with van der Waals surface area (Å²) < 4.78 is 1.75. The van der Waals surface area contributed by atoms with E-state index >= 15 is 0 Å². The average Bonchev–Trinajstić information content (AvgIpc) is 2.68. The van der Waals surface area contributed by atoms with Crippen LogP contribution in [0.2, 0.25) is 0 Å². The van der Waals surface area contributed by atoms with E-state index in [1.165, 1.54) is 0 Å². The van der Waals surface area contributed by atoms with Crippen LogP contribution in [0.3, 0.4) is 0 Å². The lowest BCUT2D eigenvalue weighted by atomic mass is 10.4. The summed E-state index contributed by atoms with van der Waals surface area (Å²) in [5.74, 6) is 3.96. The van der Waals surface area contributed by atoms with Gasteiger partial charge in [0.05, 0.1) is 0 Å². The summed E-state index contributed by atoms with van der Waals surface area (Å²) in [5, 5.41) is 7.55. The van der Waals surface area contributed by atoms with Gasteiger partial charge in [0.1, 0.15) is 23.3 Å². The van der Waals surface area contributed by atoms with E-state index in [0.717, 1.165) is 42.1 Å². The van der Waals surface area contributed by atoms with Crippen LogP contribution in [0.25, 0.3) is 5.82 Å². The summed E-state index contributed by atoms with van der Waals surface area (Å²) in [7, 11) is 0. The molecule has 0 amide bonds. The first-order valence-corrected chi connectivity index (χ1v) is 6.16. The number of aryl methyl sites for hydroxylation is 3. The molecule has 2 rings (SSSR count). The van der Waals surface area contributed by atoms with Crippen LogP contribution in [-0.2, 0) is 6.42 Å². The predicted molar refractivity (Wildman–Crippen MR) is 70.0 cm³/mol. The topological polar surface area (TPSA) is 68.5 Å². The van der Waals surface area contributed by atoms with E-state index in [9.17, 15) is 0 Å². The summed E-state index contributed by atoms with van der Waals surface area (Å²) in [6.45, 7) is 8.69. The maximum Gasteiger partial charge on any atom is 0.161 e. The number of rotatable bonds is 4. The molecule has 0 aliphatic carbocycles. The standard InChI is InChI=1S/C12H18N6/c1-5-10-15-11(13-6-2)7-12(16-10)18-9(4)14-8(3)17-18/h7H,5-6H2,1-4H3,(H,13,15,16). The Balaban J connectivity index is 2.49. The fraction of sp³-hybridized carbons (Fsp3) is 0.500. The Morgan fingerprint density at radius 1 is 1.17 bits per heavy atom. The molecule has 2 aromatic rings. The Bertz CT molecular complexity index is 545. The van der Waals surface area contributed by atoms with Gasteiger partial charge in [0.15, 0.2) is 5.82 Å². The van der Waals surface area contributed by atoms with Gasteiger partial charge in [-0.2, -0.15) is 4.68 Å². The third kappa shape index (κ3) is 2.47. The first-order valence-electron chi connectivity index (χ1n) is 6.16. The van der Waals surface area contributed by atoms with Gasteiger partial charge in [0, 0.05) is 19.0 Å². The highest BCUT2D eigenvalue weighted by Crippen LogP contribution is 2.12. The third-order valence-corrected chi connectivity index (χ3v) is 2.52. The minimum absolute atomic E-state index is 0.745. The summed E-state index contributed by atoms with van der Waals surface area (Å²) >= 11 is 0. The largest absolute Gasteiger partial charge is 0.370 e. The normalized spacial score (nSPS) is 10.7. The molecule has 0 saturated carbocycles. The zero-order chi connectivity index (χ0) is 13.1. The van der Waals surface area contributed by atoms with Crippen molar-refractivity contribution in [3.63, 3.8) is 0 Å². The van der Waals surface area contributed by atoms with Crippen molar-refractivity contribution in [2.75, 3.05) is 11.9 Å². The monoisotopic (exact) mass is 246 g/mol. The quantitative estimate of drug-likeness (QED) is 0.888. The van der Waals surface area contributed by atoms with Crippen molar-refractivity contribution in [2.45, 2.75) is 34.1 Å². The van der Waals surface area contributed by atoms with Crippen LogP contribution in [0.15, 0.2) is 6.07 Å². The summed E-state index contributed by atoms with van der Waals surface area (Å²) in [4.78, 5) is 13.2. The van der Waals surface area contributed by atoms with E-state index in [-0.39, 0.29) is 0 Å². The van der Waals surface area contributed by atoms with E-state index in [4.69, 9.17) is 0 Å². The maximum absolute atomic E-state index is 4.49. The second kappa shape index (κ2) is 5.12. The molecule has 0 aliphatic rings. The summed E-state index contributed by atoms with van der Waals surface area (Å²) in [6.07, 6.45) is 0.791. The molecule has 6 heteroatoms. The first kappa shape index (κ1) is 12.5. The second-order valence-electron chi connectivity index (χ2n) is 4.03. The fourth-order valence-corrected chi connectivity index (χ4v) is 1.76. The Kier molecular flexibility index (Phi) is 3.55. The van der Waals surface area contributed by atoms with Crippen molar-refractivity contribution in [3.8, 4) is 5.82 Å². The van der Waals surface area contributed by atoms with Crippen molar-refractivity contribution >= 4 is 5.82 Å². The first-order chi connectivity index (χ1) is 8.63. The Morgan fingerprint density at radius 2 is 1.94 bits per heavy atom. The van der Waals surface area contributed by atoms with Crippen LogP contribution in [0.1, 0.15) is 31.3 Å². The molecule has 0 fully saturated rings. The number of nitrogens with zero attached hydrogens (tertiary/aromatic N) is 5. The van der Waals surface area contributed by atoms with Crippen LogP contribution in [0, 0.1) is 13.8 Å². The van der Waals surface area contributed by atoms with Gasteiger partial charge in [-0.25, -0.2) is 15.0 Å². The lowest BCUT2D eigenvalue weighted by Crippen LogP contribution is -2.09. The zero-order valence-electron chi connectivity index (χ0n) is 11.2. The highest BCUT2D eigenvalue weighted by molar-refractivity contribution is 5.41. The molecular weight excluding hydrogens is 228 g/mol. The van der Waals surface area contributed by atoms with Gasteiger partial charge in [-0.3, -0.25) is 0 Å². The van der Waals surface area contributed by atoms with Crippen molar-refractivity contribution in [1.82, 2.24) is 24.7 Å². The third-order valence-electron chi connectivity index (χ3n) is 2.52. The van der Waals surface area contributed by atoms with Crippen LogP contribution in [-0.4, -0.2) is 31.3 Å². The smallest absolute Gasteiger partial charge is 0.161 e. The molecule has 2 heterocycles. The molecule has 0 aromatic carbocycles. The minimum atomic E-state index is 0.745. The lowest BCUT2D eigenvalue weighted by Gasteiger charge is -2.08. The van der Waals surface area contributed by atoms with Gasteiger partial charge in [-0.1, -0.05) is 6.92 Å². The summed E-state index contributed by atoms with van der Waals surface area (Å²) in [6, 6.07) is 1.89. The molecule has 96 valence electrons. The fourth-order valence-electron chi connectivity index (χ4n) is 1.76. The molecule has 18 heavy (non-hydrogen) atoms. The molecule has 0 radical (unpaired) electrons. The summed E-state index contributed by atoms with van der Waals surface area (Å²) in [5.41, 5.74) is 0. The van der Waals surface area contributed by atoms with Gasteiger partial charge in [0.2, 0.25) is 0 Å². The Hall–Kier alpha value is -1.98. The van der Waals surface area contributed by atoms with Crippen molar-refractivity contribution in [2.24, 2.45) is 0 Å². The molecular formula is C12H18N6. The van der Waals surface area contributed by atoms with Gasteiger partial charge >= 0.3 is 0 Å². The van der Waals surface area contributed by atoms with Gasteiger partial charge in [-0.15, -0.1) is 5.10 Å². The van der Waals surface area contributed by atoms with E-state index in [1.807, 2.05) is 33.8 Å². The Labute approximate surface area is 106 Å². The predicted octanol–water partition coefficient (Wildman–Crippen LogP) is 1.67. The molecule has 2 aromatic heterocycles. The van der Waals surface area contributed by atoms with E-state index < -0.39 is 0 Å². The van der Waals surface area contributed by atoms with Crippen LogP contribution < -0.4 is 5.32 Å². The molecule has 0 spiro atoms. The molecule has 0 unspecified atom stereocenters. The average molecular weight is 246 g/mol. The second-order valence-corrected chi connectivity index (χ2v) is 4.03. The molecule has 0 bridgehead atoms. The molecule has 0 aliphatic heterocycles. The minimum Gasteiger partial charge on any atom is -0.370 e. The molecule has 6 nitrogen and oxygen atoms in total. The number of hydrogen-bond acceptors (Lipinski definition) is 5. The van der Waals surface area contributed by atoms with Crippen molar-refractivity contribution < 1.29 is 0 Å². The van der Waals surface area contributed by atoms with Crippen LogP contribution in [0.4, 0.5) is 5.82 Å². The number of hydrogen-bond donors (Lipinski definition) is 1. The lowest BCUT2D eigenvalue weighted by molar-refractivity contribution is 0.781. The number of nitrogens with one attached hydrogen (secondary N) is 1. The maximum atomic E-state index is 4.49. The van der Waals surface area contributed by atoms with Crippen LogP contribution >= 0.6 is 0 Å². The number of anilines is 1. The number of aromatic nitrogens is 5. The highest BCUT2D eigenvalue weighted by Gasteiger charge is 2.09. The van der Waals surface area contributed by atoms with Crippen molar-refractivity contribution in [1.29, 1.82) is 0 Å². The molecule has 0 atom stereocenters. The zero-order valence-corrected chi connectivity index (χ0v) is 11.2. The van der Waals surface area contributed by atoms with E-state index in [0.29, 0.717) is 0 Å². The van der Waals surface area contributed by atoms with E-state index in [1.54, 1.807) is 4.68 Å². The molecule has 0 saturated heterocycles. The van der Waals surface area contributed by atoms with E-state index in [2.05, 4.69) is 25.4 Å². The van der Waals surface area contributed by atoms with Gasteiger partial charge in [-0.05, 0) is 20.8 Å². The van der Waals surface area contributed by atoms with Crippen LogP contribution in [0.5, 0.6) is 0 Å². The van der Waals surface area contributed by atoms with Crippen molar-refractivity contribution in [3.05, 3.63) is 23.5 Å².